The van der Waals surface area contributed by atoms with Gasteiger partial charge >= 0.3 is 0 Å². The fourth-order valence-corrected chi connectivity index (χ4v) is 2.09. The van der Waals surface area contributed by atoms with E-state index in [0.717, 1.165) is 39.1 Å². The number of carbonyl (C=O) groups excluding carboxylic acids is 1. The van der Waals surface area contributed by atoms with Gasteiger partial charge in [-0.3, -0.25) is 4.79 Å². The lowest BCUT2D eigenvalue weighted by atomic mass is 10.1. The standard InChI is InChI=1S/C12H19N3O2/c1-2-5-17-8-10-3-4-15(7-10)12(16)11-6-13-9-14-11/h6,9-10H,2-5,7-8H2,1H3,(H,13,14)/t10-/m1/s1. The molecule has 0 unspecified atom stereocenters. The molecule has 1 aliphatic rings. The SMILES string of the molecule is CCCOC[C@@H]1CCN(C(=O)c2cnc[nH]2)C1. The van der Waals surface area contributed by atoms with Crippen molar-refractivity contribution in [1.82, 2.24) is 14.9 Å². The lowest BCUT2D eigenvalue weighted by Gasteiger charge is -2.15. The monoisotopic (exact) mass is 237 g/mol. The van der Waals surface area contributed by atoms with E-state index in [-0.39, 0.29) is 5.91 Å². The minimum Gasteiger partial charge on any atom is -0.381 e. The van der Waals surface area contributed by atoms with Crippen LogP contribution in [0.2, 0.25) is 0 Å². The highest BCUT2D eigenvalue weighted by atomic mass is 16.5. The summed E-state index contributed by atoms with van der Waals surface area (Å²) in [6.07, 6.45) is 5.18. The summed E-state index contributed by atoms with van der Waals surface area (Å²) in [5.41, 5.74) is 0.570. The number of hydrogen-bond donors (Lipinski definition) is 1. The molecule has 0 bridgehead atoms. The van der Waals surface area contributed by atoms with E-state index >= 15 is 0 Å². The number of aromatic amines is 1. The number of likely N-dealkylation sites (tertiary alicyclic amines) is 1. The first-order chi connectivity index (χ1) is 8.31. The Morgan fingerprint density at radius 1 is 1.71 bits per heavy atom. The number of amides is 1. The van der Waals surface area contributed by atoms with E-state index in [0.29, 0.717) is 11.6 Å². The summed E-state index contributed by atoms with van der Waals surface area (Å²) in [4.78, 5) is 20.6. The topological polar surface area (TPSA) is 58.2 Å². The van der Waals surface area contributed by atoms with Crippen LogP contribution in [-0.2, 0) is 4.74 Å². The Kier molecular flexibility index (Phi) is 4.14. The minimum atomic E-state index is 0.0421. The van der Waals surface area contributed by atoms with Gasteiger partial charge in [0.25, 0.3) is 5.91 Å². The highest BCUT2D eigenvalue weighted by Gasteiger charge is 2.27. The molecule has 0 radical (unpaired) electrons. The van der Waals surface area contributed by atoms with Crippen molar-refractivity contribution in [3.05, 3.63) is 18.2 Å². The first-order valence-corrected chi connectivity index (χ1v) is 6.16. The molecule has 17 heavy (non-hydrogen) atoms. The van der Waals surface area contributed by atoms with Crippen LogP contribution in [0.15, 0.2) is 12.5 Å². The third-order valence-corrected chi connectivity index (χ3v) is 3.00. The fraction of sp³-hybridized carbons (Fsp3) is 0.667. The number of imidazole rings is 1. The zero-order valence-electron chi connectivity index (χ0n) is 10.2. The summed E-state index contributed by atoms with van der Waals surface area (Å²) in [6, 6.07) is 0. The Morgan fingerprint density at radius 3 is 3.29 bits per heavy atom. The maximum absolute atomic E-state index is 12.0. The first kappa shape index (κ1) is 12.1. The summed E-state index contributed by atoms with van der Waals surface area (Å²) >= 11 is 0. The maximum Gasteiger partial charge on any atom is 0.271 e. The molecule has 1 atom stereocenters. The number of H-pyrrole nitrogens is 1. The van der Waals surface area contributed by atoms with E-state index in [1.807, 2.05) is 4.90 Å². The molecule has 1 fully saturated rings. The van der Waals surface area contributed by atoms with Crippen LogP contribution in [0.5, 0.6) is 0 Å². The summed E-state index contributed by atoms with van der Waals surface area (Å²) < 4.78 is 5.53. The third kappa shape index (κ3) is 3.06. The predicted octanol–water partition coefficient (Wildman–Crippen LogP) is 1.30. The Bertz CT molecular complexity index is 351. The van der Waals surface area contributed by atoms with Gasteiger partial charge in [0.2, 0.25) is 0 Å². The minimum absolute atomic E-state index is 0.0421. The van der Waals surface area contributed by atoms with Gasteiger partial charge in [-0.1, -0.05) is 6.92 Å². The van der Waals surface area contributed by atoms with Crippen molar-refractivity contribution in [2.75, 3.05) is 26.3 Å². The quantitative estimate of drug-likeness (QED) is 0.785. The second-order valence-corrected chi connectivity index (χ2v) is 4.45. The van der Waals surface area contributed by atoms with Crippen molar-refractivity contribution in [2.24, 2.45) is 5.92 Å². The van der Waals surface area contributed by atoms with Gasteiger partial charge in [-0.15, -0.1) is 0 Å². The number of hydrogen-bond acceptors (Lipinski definition) is 3. The smallest absolute Gasteiger partial charge is 0.271 e. The molecule has 1 amide bonds. The van der Waals surface area contributed by atoms with Crippen molar-refractivity contribution in [2.45, 2.75) is 19.8 Å². The van der Waals surface area contributed by atoms with E-state index in [2.05, 4.69) is 16.9 Å². The largest absolute Gasteiger partial charge is 0.381 e. The average molecular weight is 237 g/mol. The molecule has 1 aromatic heterocycles. The number of ether oxygens (including phenoxy) is 1. The Hall–Kier alpha value is -1.36. The van der Waals surface area contributed by atoms with Crippen molar-refractivity contribution < 1.29 is 9.53 Å². The van der Waals surface area contributed by atoms with E-state index in [9.17, 15) is 4.79 Å². The molecule has 94 valence electrons. The molecular weight excluding hydrogens is 218 g/mol. The summed E-state index contributed by atoms with van der Waals surface area (Å²) in [7, 11) is 0. The van der Waals surface area contributed by atoms with Crippen LogP contribution in [0.3, 0.4) is 0 Å². The highest BCUT2D eigenvalue weighted by molar-refractivity contribution is 5.92. The summed E-state index contributed by atoms with van der Waals surface area (Å²) in [6.45, 7) is 5.29. The lowest BCUT2D eigenvalue weighted by molar-refractivity contribution is 0.0749. The van der Waals surface area contributed by atoms with Crippen LogP contribution < -0.4 is 0 Å². The predicted molar refractivity (Wildman–Crippen MR) is 63.7 cm³/mol. The van der Waals surface area contributed by atoms with Crippen molar-refractivity contribution >= 4 is 5.91 Å². The number of nitrogens with zero attached hydrogens (tertiary/aromatic N) is 2. The number of carbonyl (C=O) groups is 1. The number of rotatable bonds is 5. The number of nitrogens with one attached hydrogen (secondary N) is 1. The van der Waals surface area contributed by atoms with Gasteiger partial charge in [0.15, 0.2) is 0 Å². The molecule has 2 rings (SSSR count). The lowest BCUT2D eigenvalue weighted by Crippen LogP contribution is -2.29. The second-order valence-electron chi connectivity index (χ2n) is 4.45. The average Bonchev–Trinajstić information content (AvgIpc) is 3.00. The molecule has 0 spiro atoms. The van der Waals surface area contributed by atoms with Gasteiger partial charge in [0.05, 0.1) is 19.1 Å². The summed E-state index contributed by atoms with van der Waals surface area (Å²) in [5.74, 6) is 0.522. The van der Waals surface area contributed by atoms with E-state index in [1.54, 1.807) is 6.20 Å². The Balaban J connectivity index is 1.79. The van der Waals surface area contributed by atoms with Crippen LogP contribution in [-0.4, -0.2) is 47.1 Å². The Labute approximate surface area is 101 Å². The van der Waals surface area contributed by atoms with Crippen LogP contribution in [0.25, 0.3) is 0 Å². The van der Waals surface area contributed by atoms with E-state index < -0.39 is 0 Å². The van der Waals surface area contributed by atoms with Crippen LogP contribution in [0, 0.1) is 5.92 Å². The van der Waals surface area contributed by atoms with Gasteiger partial charge in [-0.05, 0) is 12.8 Å². The third-order valence-electron chi connectivity index (χ3n) is 3.00. The van der Waals surface area contributed by atoms with Gasteiger partial charge in [0, 0.05) is 25.6 Å². The maximum atomic E-state index is 12.0. The normalized spacial score (nSPS) is 19.8. The molecule has 0 saturated carbocycles. The molecule has 1 N–H and O–H groups in total. The molecule has 2 heterocycles. The van der Waals surface area contributed by atoms with E-state index in [1.165, 1.54) is 6.33 Å². The molecule has 1 aromatic rings. The molecule has 0 aliphatic carbocycles. The van der Waals surface area contributed by atoms with Gasteiger partial charge in [-0.2, -0.15) is 0 Å². The fourth-order valence-electron chi connectivity index (χ4n) is 2.09. The van der Waals surface area contributed by atoms with Crippen molar-refractivity contribution in [1.29, 1.82) is 0 Å². The molecule has 5 heteroatoms. The van der Waals surface area contributed by atoms with E-state index in [4.69, 9.17) is 4.74 Å². The van der Waals surface area contributed by atoms with Gasteiger partial charge < -0.3 is 14.6 Å². The second kappa shape index (κ2) is 5.82. The van der Waals surface area contributed by atoms with Crippen molar-refractivity contribution in [3.63, 3.8) is 0 Å². The molecular formula is C12H19N3O2. The number of aromatic nitrogens is 2. The molecule has 0 aromatic carbocycles. The Morgan fingerprint density at radius 2 is 2.59 bits per heavy atom. The van der Waals surface area contributed by atoms with Crippen molar-refractivity contribution in [3.8, 4) is 0 Å². The first-order valence-electron chi connectivity index (χ1n) is 6.16. The molecule has 1 saturated heterocycles. The summed E-state index contributed by atoms with van der Waals surface area (Å²) in [5, 5.41) is 0. The zero-order chi connectivity index (χ0) is 12.1. The molecule has 5 nitrogen and oxygen atoms in total. The zero-order valence-corrected chi connectivity index (χ0v) is 10.2. The van der Waals surface area contributed by atoms with Crippen LogP contribution >= 0.6 is 0 Å². The van der Waals surface area contributed by atoms with Gasteiger partial charge in [0.1, 0.15) is 5.69 Å². The van der Waals surface area contributed by atoms with Crippen LogP contribution in [0.4, 0.5) is 0 Å². The highest BCUT2D eigenvalue weighted by Crippen LogP contribution is 2.18. The molecule has 1 aliphatic heterocycles. The van der Waals surface area contributed by atoms with Gasteiger partial charge in [-0.25, -0.2) is 4.98 Å². The van der Waals surface area contributed by atoms with Crippen LogP contribution in [0.1, 0.15) is 30.3 Å².